The molecule has 48 heavy (non-hydrogen) atoms. The minimum atomic E-state index is -0.681. The third-order valence-corrected chi connectivity index (χ3v) is 10.4. The molecule has 3 aliphatic rings. The quantitative estimate of drug-likeness (QED) is 0.203. The van der Waals surface area contributed by atoms with Gasteiger partial charge in [0.1, 0.15) is 18.2 Å². The number of hydrogen-bond acceptors (Lipinski definition) is 9. The van der Waals surface area contributed by atoms with Crippen molar-refractivity contribution >= 4 is 39.6 Å². The molecule has 0 spiro atoms. The van der Waals surface area contributed by atoms with Gasteiger partial charge in [-0.3, -0.25) is 24.0 Å². The first-order valence-electron chi connectivity index (χ1n) is 17.2. The smallest absolute Gasteiger partial charge is 0.329 e. The number of carbonyl (C=O) groups excluding carboxylic acids is 2. The Morgan fingerprint density at radius 2 is 1.83 bits per heavy atom. The first kappa shape index (κ1) is 32.0. The zero-order valence-corrected chi connectivity index (χ0v) is 27.4. The summed E-state index contributed by atoms with van der Waals surface area (Å²) in [5.41, 5.74) is 3.83. The van der Waals surface area contributed by atoms with Gasteiger partial charge in [-0.15, -0.1) is 0 Å². The molecule has 250 valence electrons. The standard InChI is InChI=1S/C36H42N8O4/c1-42-33-24(4-2-6-30(33)44(36(42)47)31-13-14-32(45)41-35(31)46)5-3-19-48-27-15-17-43(18-16-27)26-10-8-25(9-11-26)40-34-28-20-23(21-37)7-12-29(28)38-22-39-34/h2,4,6-7,12,20,22,25-27,31H,3,5,8-11,13-19H2,1H3,(H,38,39,40)(H,41,45,46)/t25-,26+,31?. The molecule has 12 nitrogen and oxygen atoms in total. The highest BCUT2D eigenvalue weighted by atomic mass is 16.5. The first-order chi connectivity index (χ1) is 23.4. The minimum absolute atomic E-state index is 0.225. The van der Waals surface area contributed by atoms with E-state index in [-0.39, 0.29) is 24.1 Å². The highest BCUT2D eigenvalue weighted by Gasteiger charge is 2.32. The zero-order chi connectivity index (χ0) is 33.2. The van der Waals surface area contributed by atoms with Crippen molar-refractivity contribution in [1.82, 2.24) is 29.3 Å². The van der Waals surface area contributed by atoms with Gasteiger partial charge in [-0.05, 0) is 87.6 Å². The molecule has 2 aliphatic heterocycles. The van der Waals surface area contributed by atoms with E-state index in [1.165, 1.54) is 0 Å². The van der Waals surface area contributed by atoms with Crippen LogP contribution in [-0.4, -0.2) is 73.7 Å². The number of ether oxygens (including phenoxy) is 1. The van der Waals surface area contributed by atoms with E-state index < -0.39 is 11.9 Å². The monoisotopic (exact) mass is 650 g/mol. The van der Waals surface area contributed by atoms with Gasteiger partial charge in [0.25, 0.3) is 0 Å². The number of anilines is 1. The molecule has 2 aromatic carbocycles. The van der Waals surface area contributed by atoms with Gasteiger partial charge in [0, 0.05) is 50.6 Å². The topological polar surface area (TPSA) is 147 Å². The molecule has 12 heteroatoms. The second-order valence-corrected chi connectivity index (χ2v) is 13.4. The van der Waals surface area contributed by atoms with Gasteiger partial charge in [-0.2, -0.15) is 5.26 Å². The summed E-state index contributed by atoms with van der Waals surface area (Å²) in [6, 6.07) is 13.9. The molecular formula is C36H42N8O4. The molecule has 1 aliphatic carbocycles. The second kappa shape index (κ2) is 13.9. The summed E-state index contributed by atoms with van der Waals surface area (Å²) in [6.45, 7) is 2.76. The van der Waals surface area contributed by atoms with E-state index in [4.69, 9.17) is 4.74 Å². The number of likely N-dealkylation sites (tertiary alicyclic amines) is 1. The minimum Gasteiger partial charge on any atom is -0.378 e. The molecule has 2 saturated heterocycles. The van der Waals surface area contributed by atoms with E-state index in [9.17, 15) is 19.6 Å². The van der Waals surface area contributed by atoms with E-state index in [0.29, 0.717) is 30.7 Å². The SMILES string of the molecule is Cn1c(=O)n(C2CCC(=O)NC2=O)c2cccc(CCCOC3CCN([C@H]4CC[C@@H](Nc5ncnc6ccc(C#N)cc56)CC4)CC3)c21. The van der Waals surface area contributed by atoms with Gasteiger partial charge in [0.15, 0.2) is 0 Å². The van der Waals surface area contributed by atoms with Gasteiger partial charge < -0.3 is 15.0 Å². The third-order valence-electron chi connectivity index (χ3n) is 10.4. The van der Waals surface area contributed by atoms with Crippen LogP contribution in [-0.2, 0) is 27.8 Å². The van der Waals surface area contributed by atoms with Crippen molar-refractivity contribution in [2.75, 3.05) is 25.0 Å². The average molecular weight is 651 g/mol. The molecule has 4 aromatic rings. The van der Waals surface area contributed by atoms with Crippen LogP contribution in [0.1, 0.15) is 75.0 Å². The number of imidazole rings is 1. The van der Waals surface area contributed by atoms with Crippen LogP contribution in [0, 0.1) is 11.3 Å². The number of nitrogens with one attached hydrogen (secondary N) is 2. The fourth-order valence-corrected chi connectivity index (χ4v) is 7.89. The second-order valence-electron chi connectivity index (χ2n) is 13.4. The number of carbonyl (C=O) groups is 2. The van der Waals surface area contributed by atoms with E-state index in [2.05, 4.69) is 31.6 Å². The lowest BCUT2D eigenvalue weighted by Gasteiger charge is -2.41. The number of nitriles is 1. The Bertz CT molecular complexity index is 1930. The molecule has 2 amide bonds. The van der Waals surface area contributed by atoms with Crippen LogP contribution in [0.4, 0.5) is 5.82 Å². The van der Waals surface area contributed by atoms with Crippen molar-refractivity contribution in [3.05, 3.63) is 64.3 Å². The Balaban J connectivity index is 0.868. The molecule has 2 N–H and O–H groups in total. The number of hydrogen-bond donors (Lipinski definition) is 2. The van der Waals surface area contributed by atoms with Crippen LogP contribution >= 0.6 is 0 Å². The maximum atomic E-state index is 13.2. The fourth-order valence-electron chi connectivity index (χ4n) is 7.89. The summed E-state index contributed by atoms with van der Waals surface area (Å²) in [5.74, 6) is 0.0995. The average Bonchev–Trinajstić information content (AvgIpc) is 3.36. The lowest BCUT2D eigenvalue weighted by Crippen LogP contribution is -2.46. The first-order valence-corrected chi connectivity index (χ1v) is 17.2. The molecular weight excluding hydrogens is 608 g/mol. The van der Waals surface area contributed by atoms with Crippen LogP contribution in [0.25, 0.3) is 21.9 Å². The number of aromatic nitrogens is 4. The van der Waals surface area contributed by atoms with Gasteiger partial charge in [0.2, 0.25) is 11.8 Å². The van der Waals surface area contributed by atoms with E-state index in [1.54, 1.807) is 28.6 Å². The Labute approximate surface area is 279 Å². The fraction of sp³-hybridized carbons (Fsp3) is 0.500. The zero-order valence-electron chi connectivity index (χ0n) is 27.4. The van der Waals surface area contributed by atoms with E-state index in [1.807, 2.05) is 30.3 Å². The summed E-state index contributed by atoms with van der Waals surface area (Å²) in [5, 5.41) is 16.2. The van der Waals surface area contributed by atoms with Crippen molar-refractivity contribution in [2.24, 2.45) is 7.05 Å². The molecule has 0 bridgehead atoms. The van der Waals surface area contributed by atoms with Crippen LogP contribution in [0.3, 0.4) is 0 Å². The van der Waals surface area contributed by atoms with E-state index >= 15 is 0 Å². The van der Waals surface area contributed by atoms with Crippen LogP contribution in [0.5, 0.6) is 0 Å². The Kier molecular flexibility index (Phi) is 9.23. The Morgan fingerprint density at radius 3 is 2.60 bits per heavy atom. The summed E-state index contributed by atoms with van der Waals surface area (Å²) in [6.07, 6.45) is 10.5. The maximum absolute atomic E-state index is 13.2. The normalized spacial score (nSPS) is 22.5. The molecule has 4 heterocycles. The van der Waals surface area contributed by atoms with Gasteiger partial charge in [0.05, 0.1) is 34.3 Å². The number of benzene rings is 2. The molecule has 1 atom stereocenters. The summed E-state index contributed by atoms with van der Waals surface area (Å²) >= 11 is 0. The summed E-state index contributed by atoms with van der Waals surface area (Å²) < 4.78 is 9.50. The van der Waals surface area contributed by atoms with Crippen LogP contribution < -0.4 is 16.3 Å². The predicted octanol–water partition coefficient (Wildman–Crippen LogP) is 3.97. The highest BCUT2D eigenvalue weighted by molar-refractivity contribution is 6.00. The predicted molar refractivity (Wildman–Crippen MR) is 181 cm³/mol. The third kappa shape index (κ3) is 6.44. The van der Waals surface area contributed by atoms with Crippen molar-refractivity contribution < 1.29 is 14.3 Å². The number of nitrogens with zero attached hydrogens (tertiary/aromatic N) is 6. The molecule has 7 rings (SSSR count). The highest BCUT2D eigenvalue weighted by Crippen LogP contribution is 2.30. The molecule has 1 saturated carbocycles. The van der Waals surface area contributed by atoms with Crippen molar-refractivity contribution in [3.8, 4) is 6.07 Å². The van der Waals surface area contributed by atoms with Gasteiger partial charge in [-0.25, -0.2) is 14.8 Å². The van der Waals surface area contributed by atoms with Crippen molar-refractivity contribution in [3.63, 3.8) is 0 Å². The number of rotatable bonds is 9. The van der Waals surface area contributed by atoms with Gasteiger partial charge >= 0.3 is 5.69 Å². The lowest BCUT2D eigenvalue weighted by atomic mass is 9.89. The number of para-hydroxylation sites is 1. The Morgan fingerprint density at radius 1 is 1.02 bits per heavy atom. The number of amides is 2. The summed E-state index contributed by atoms with van der Waals surface area (Å²) in [4.78, 5) is 48.9. The largest absolute Gasteiger partial charge is 0.378 e. The Hall–Kier alpha value is -4.60. The van der Waals surface area contributed by atoms with Crippen LogP contribution in [0.2, 0.25) is 0 Å². The molecule has 2 aromatic heterocycles. The number of fused-ring (bicyclic) bond motifs is 2. The van der Waals surface area contributed by atoms with Gasteiger partial charge in [-0.1, -0.05) is 12.1 Å². The lowest BCUT2D eigenvalue weighted by molar-refractivity contribution is -0.135. The summed E-state index contributed by atoms with van der Waals surface area (Å²) in [7, 11) is 1.75. The molecule has 1 unspecified atom stereocenters. The number of piperidine rings is 2. The molecule has 0 radical (unpaired) electrons. The number of aryl methyl sites for hydroxylation is 2. The number of imide groups is 1. The maximum Gasteiger partial charge on any atom is 0.329 e. The van der Waals surface area contributed by atoms with Crippen LogP contribution in [0.15, 0.2) is 47.5 Å². The van der Waals surface area contributed by atoms with Crippen molar-refractivity contribution in [2.45, 2.75) is 88.4 Å². The van der Waals surface area contributed by atoms with Crippen molar-refractivity contribution in [1.29, 1.82) is 5.26 Å². The molecule has 3 fully saturated rings. The van der Waals surface area contributed by atoms with E-state index in [0.717, 1.165) is 97.8 Å².